The number of aliphatic hydroxyl groups excluding tert-OH is 1. The van der Waals surface area contributed by atoms with E-state index in [0.29, 0.717) is 38.3 Å². The minimum Gasteiger partial charge on any atom is -0.390 e. The number of urea groups is 1. The van der Waals surface area contributed by atoms with Crippen molar-refractivity contribution in [3.63, 3.8) is 0 Å². The third-order valence-corrected chi connectivity index (χ3v) is 10.7. The summed E-state index contributed by atoms with van der Waals surface area (Å²) in [5.74, 6) is -3.48. The minimum absolute atomic E-state index is 0.00942. The van der Waals surface area contributed by atoms with Crippen LogP contribution in [0.2, 0.25) is 0 Å². The van der Waals surface area contributed by atoms with E-state index in [-0.39, 0.29) is 25.1 Å². The summed E-state index contributed by atoms with van der Waals surface area (Å²) >= 11 is 0. The number of hydrogen-bond acceptors (Lipinski definition) is 7. The van der Waals surface area contributed by atoms with E-state index in [1.807, 2.05) is 45.0 Å². The minimum atomic E-state index is -3.85. The molecule has 0 aliphatic carbocycles. The molecule has 0 bridgehead atoms. The topological polar surface area (TPSA) is 142 Å². The van der Waals surface area contributed by atoms with Crippen LogP contribution in [0.3, 0.4) is 0 Å². The van der Waals surface area contributed by atoms with Gasteiger partial charge in [-0.15, -0.1) is 0 Å². The van der Waals surface area contributed by atoms with Crippen molar-refractivity contribution < 1.29 is 31.9 Å². The van der Waals surface area contributed by atoms with Crippen LogP contribution in [0.4, 0.5) is 13.6 Å². The van der Waals surface area contributed by atoms with E-state index in [2.05, 4.69) is 10.6 Å². The van der Waals surface area contributed by atoms with Gasteiger partial charge in [0.2, 0.25) is 5.91 Å². The van der Waals surface area contributed by atoms with E-state index in [9.17, 15) is 31.9 Å². The van der Waals surface area contributed by atoms with E-state index in [1.54, 1.807) is 30.3 Å². The monoisotopic (exact) mass is 700 g/mol. The highest BCUT2D eigenvalue weighted by Gasteiger charge is 2.39. The summed E-state index contributed by atoms with van der Waals surface area (Å²) in [5, 5.41) is 16.7. The Labute approximate surface area is 289 Å². The fourth-order valence-electron chi connectivity index (χ4n) is 5.89. The van der Waals surface area contributed by atoms with Crippen LogP contribution in [0, 0.1) is 11.6 Å². The maximum atomic E-state index is 14.3. The van der Waals surface area contributed by atoms with Gasteiger partial charge in [-0.3, -0.25) is 9.69 Å². The second kappa shape index (κ2) is 19.5. The molecule has 0 saturated carbocycles. The van der Waals surface area contributed by atoms with E-state index < -0.39 is 62.6 Å². The van der Waals surface area contributed by atoms with Crippen LogP contribution in [-0.2, 0) is 40.6 Å². The molecule has 3 aromatic carbocycles. The Bertz CT molecular complexity index is 1580. The van der Waals surface area contributed by atoms with E-state index in [0.717, 1.165) is 40.1 Å². The zero-order chi connectivity index (χ0) is 36.0. The number of hydrogen-bond donors (Lipinski definition) is 4. The van der Waals surface area contributed by atoms with Gasteiger partial charge >= 0.3 is 6.03 Å². The van der Waals surface area contributed by atoms with Gasteiger partial charge in [0.25, 0.3) is 0 Å². The number of amides is 3. The van der Waals surface area contributed by atoms with Crippen LogP contribution in [0.5, 0.6) is 0 Å². The fourth-order valence-corrected chi connectivity index (χ4v) is 7.99. The lowest BCUT2D eigenvalue weighted by Crippen LogP contribution is -2.61. The van der Waals surface area contributed by atoms with E-state index in [1.165, 1.54) is 0 Å². The number of halogens is 2. The molecular weight excluding hydrogens is 650 g/mol. The van der Waals surface area contributed by atoms with Gasteiger partial charge in [-0.2, -0.15) is 0 Å². The Morgan fingerprint density at radius 2 is 1.45 bits per heavy atom. The number of nitrogens with one attached hydrogen (secondary N) is 2. The van der Waals surface area contributed by atoms with Gasteiger partial charge < -0.3 is 21.5 Å². The standard InChI is InChI=1S/C37H50F2N4O5S/c1-4-11-32(12-5-2)49(47,48)25-33(40)36(45)43(37(46)42-23-27-13-8-7-9-14-27)34(20-29-18-30(38)21-31(39)19-29)35(44)24-41-22-28-16-10-15-26(6-3)17-28/h7-10,13-19,21,32-35,41,44H,4-6,11-12,20,22-25,40H2,1-3H3,(H,42,46)/t33-,34-,35+/m0/s1. The molecule has 12 heteroatoms. The molecule has 0 unspecified atom stereocenters. The van der Waals surface area contributed by atoms with Crippen LogP contribution < -0.4 is 16.4 Å². The quantitative estimate of drug-likeness (QED) is 0.137. The second-order valence-corrected chi connectivity index (χ2v) is 14.7. The largest absolute Gasteiger partial charge is 0.390 e. The summed E-state index contributed by atoms with van der Waals surface area (Å²) in [7, 11) is -3.85. The Hall–Kier alpha value is -3.71. The molecular formula is C37H50F2N4O5S. The molecule has 3 amide bonds. The molecule has 268 valence electrons. The molecule has 0 aliphatic heterocycles. The average Bonchev–Trinajstić information content (AvgIpc) is 3.06. The number of carbonyl (C=O) groups is 2. The maximum Gasteiger partial charge on any atom is 0.324 e. The maximum absolute atomic E-state index is 14.3. The number of nitrogens with two attached hydrogens (primary N) is 1. The van der Waals surface area contributed by atoms with Crippen LogP contribution in [0.15, 0.2) is 72.8 Å². The predicted octanol–water partition coefficient (Wildman–Crippen LogP) is 5.04. The number of aryl methyl sites for hydroxylation is 1. The van der Waals surface area contributed by atoms with Crippen molar-refractivity contribution in [1.82, 2.24) is 15.5 Å². The van der Waals surface area contributed by atoms with Gasteiger partial charge in [0.15, 0.2) is 9.84 Å². The predicted molar refractivity (Wildman–Crippen MR) is 188 cm³/mol. The zero-order valence-electron chi connectivity index (χ0n) is 28.6. The Balaban J connectivity index is 1.98. The number of rotatable bonds is 19. The molecule has 5 N–H and O–H groups in total. The first-order valence-electron chi connectivity index (χ1n) is 16.9. The summed E-state index contributed by atoms with van der Waals surface area (Å²) < 4.78 is 55.5. The fraction of sp³-hybridized carbons (Fsp3) is 0.459. The highest BCUT2D eigenvalue weighted by atomic mass is 32.2. The number of aliphatic hydroxyl groups is 1. The SMILES string of the molecule is CCCC(CCC)S(=O)(=O)C[C@H](N)C(=O)N(C(=O)NCc1ccccc1)[C@@H](Cc1cc(F)cc(F)c1)[C@H](O)CNCc1cccc(CC)c1. The van der Waals surface area contributed by atoms with Crippen molar-refractivity contribution >= 4 is 21.8 Å². The lowest BCUT2D eigenvalue weighted by atomic mass is 9.98. The molecule has 0 aromatic heterocycles. The first-order chi connectivity index (χ1) is 23.4. The third kappa shape index (κ3) is 12.3. The Morgan fingerprint density at radius 3 is 2.06 bits per heavy atom. The summed E-state index contributed by atoms with van der Waals surface area (Å²) in [6.45, 7) is 6.03. The zero-order valence-corrected chi connectivity index (χ0v) is 29.4. The number of benzene rings is 3. The molecule has 0 radical (unpaired) electrons. The molecule has 49 heavy (non-hydrogen) atoms. The number of imide groups is 1. The van der Waals surface area contributed by atoms with Gasteiger partial charge in [-0.05, 0) is 60.1 Å². The average molecular weight is 701 g/mol. The number of nitrogens with zero attached hydrogens (tertiary/aromatic N) is 1. The van der Waals surface area contributed by atoms with Crippen molar-refractivity contribution in [2.24, 2.45) is 5.73 Å². The summed E-state index contributed by atoms with van der Waals surface area (Å²) in [6.07, 6.45) is 1.11. The van der Waals surface area contributed by atoms with Crippen molar-refractivity contribution in [1.29, 1.82) is 0 Å². The molecule has 0 aliphatic rings. The van der Waals surface area contributed by atoms with Crippen molar-refractivity contribution in [2.45, 2.75) is 95.8 Å². The van der Waals surface area contributed by atoms with Crippen molar-refractivity contribution in [2.75, 3.05) is 12.3 Å². The van der Waals surface area contributed by atoms with Crippen LogP contribution in [0.1, 0.15) is 68.7 Å². The highest BCUT2D eigenvalue weighted by molar-refractivity contribution is 7.92. The molecule has 0 saturated heterocycles. The van der Waals surface area contributed by atoms with Crippen molar-refractivity contribution in [3.8, 4) is 0 Å². The molecule has 3 atom stereocenters. The van der Waals surface area contributed by atoms with Crippen LogP contribution in [-0.4, -0.2) is 66.1 Å². The van der Waals surface area contributed by atoms with Gasteiger partial charge in [-0.1, -0.05) is 88.2 Å². The normalized spacial score (nSPS) is 13.6. The molecule has 0 fully saturated rings. The highest BCUT2D eigenvalue weighted by Crippen LogP contribution is 2.20. The van der Waals surface area contributed by atoms with Gasteiger partial charge in [0.1, 0.15) is 11.6 Å². The Kier molecular flexibility index (Phi) is 15.8. The molecule has 0 spiro atoms. The van der Waals surface area contributed by atoms with E-state index >= 15 is 0 Å². The van der Waals surface area contributed by atoms with Crippen molar-refractivity contribution in [3.05, 3.63) is 107 Å². The Morgan fingerprint density at radius 1 is 0.837 bits per heavy atom. The number of carbonyl (C=O) groups excluding carboxylic acids is 2. The molecule has 3 rings (SSSR count). The third-order valence-electron chi connectivity index (χ3n) is 8.43. The summed E-state index contributed by atoms with van der Waals surface area (Å²) in [5.41, 5.74) is 9.17. The first-order valence-corrected chi connectivity index (χ1v) is 18.6. The van der Waals surface area contributed by atoms with Gasteiger partial charge in [0.05, 0.1) is 29.2 Å². The van der Waals surface area contributed by atoms with Crippen LogP contribution >= 0.6 is 0 Å². The summed E-state index contributed by atoms with van der Waals surface area (Å²) in [6, 6.07) is 15.6. The number of sulfone groups is 1. The smallest absolute Gasteiger partial charge is 0.324 e. The molecule has 9 nitrogen and oxygen atoms in total. The molecule has 0 heterocycles. The second-order valence-electron chi connectivity index (χ2n) is 12.4. The molecule has 3 aromatic rings. The van der Waals surface area contributed by atoms with Gasteiger partial charge in [-0.25, -0.2) is 22.0 Å². The summed E-state index contributed by atoms with van der Waals surface area (Å²) in [4.78, 5) is 28.8. The lowest BCUT2D eigenvalue weighted by Gasteiger charge is -2.35. The van der Waals surface area contributed by atoms with Crippen LogP contribution in [0.25, 0.3) is 0 Å². The first kappa shape index (κ1) is 39.7. The van der Waals surface area contributed by atoms with E-state index in [4.69, 9.17) is 5.73 Å². The lowest BCUT2D eigenvalue weighted by molar-refractivity contribution is -0.133. The van der Waals surface area contributed by atoms with Gasteiger partial charge in [0, 0.05) is 25.7 Å².